The SMILES string of the molecule is Br.CCSc1ccc(C2CN3CCCC3c3ccccc32)cc1. The molecule has 2 aliphatic rings. The summed E-state index contributed by atoms with van der Waals surface area (Å²) in [5, 5.41) is 0. The molecule has 0 aromatic heterocycles. The van der Waals surface area contributed by atoms with Crippen molar-refractivity contribution in [3.8, 4) is 0 Å². The standard InChI is InChI=1S/C20H23NS.BrH/c1-2-22-16-11-9-15(10-12-16)19-14-21-13-5-8-20(21)18-7-4-3-6-17(18)19;/h3-4,6-7,9-12,19-20H,2,5,8,13-14H2,1H3;1H. The summed E-state index contributed by atoms with van der Waals surface area (Å²) in [4.78, 5) is 4.08. The van der Waals surface area contributed by atoms with E-state index in [2.05, 4.69) is 60.4 Å². The number of fused-ring (bicyclic) bond motifs is 3. The van der Waals surface area contributed by atoms with Crippen molar-refractivity contribution in [2.24, 2.45) is 0 Å². The molecule has 2 unspecified atom stereocenters. The molecule has 2 aromatic carbocycles. The van der Waals surface area contributed by atoms with Crippen LogP contribution in [0.3, 0.4) is 0 Å². The smallest absolute Gasteiger partial charge is 0.0351 e. The highest BCUT2D eigenvalue weighted by Crippen LogP contribution is 2.44. The van der Waals surface area contributed by atoms with Crippen LogP contribution in [0.4, 0.5) is 0 Å². The van der Waals surface area contributed by atoms with Crippen LogP contribution in [0.1, 0.15) is 48.4 Å². The summed E-state index contributed by atoms with van der Waals surface area (Å²) in [6, 6.07) is 19.1. The third kappa shape index (κ3) is 3.24. The molecule has 1 nitrogen and oxygen atoms in total. The minimum Gasteiger partial charge on any atom is -0.295 e. The zero-order valence-corrected chi connectivity index (χ0v) is 16.1. The minimum atomic E-state index is 0. The topological polar surface area (TPSA) is 3.24 Å². The highest BCUT2D eigenvalue weighted by atomic mass is 79.9. The molecule has 0 saturated carbocycles. The Kier molecular flexibility index (Phi) is 5.50. The van der Waals surface area contributed by atoms with Crippen LogP contribution in [-0.2, 0) is 0 Å². The third-order valence-electron chi connectivity index (χ3n) is 5.10. The van der Waals surface area contributed by atoms with Gasteiger partial charge in [-0.05, 0) is 54.0 Å². The molecule has 122 valence electrons. The fourth-order valence-electron chi connectivity index (χ4n) is 4.11. The predicted octanol–water partition coefficient (Wildman–Crippen LogP) is 5.66. The number of hydrogen-bond donors (Lipinski definition) is 0. The van der Waals surface area contributed by atoms with Crippen LogP contribution in [0.15, 0.2) is 53.4 Å². The highest BCUT2D eigenvalue weighted by molar-refractivity contribution is 8.93. The van der Waals surface area contributed by atoms with E-state index in [1.807, 2.05) is 11.8 Å². The number of benzene rings is 2. The van der Waals surface area contributed by atoms with Gasteiger partial charge in [0.05, 0.1) is 0 Å². The van der Waals surface area contributed by atoms with Crippen molar-refractivity contribution in [3.63, 3.8) is 0 Å². The van der Waals surface area contributed by atoms with E-state index >= 15 is 0 Å². The monoisotopic (exact) mass is 389 g/mol. The highest BCUT2D eigenvalue weighted by Gasteiger charge is 2.35. The molecular formula is C20H24BrNS. The molecule has 23 heavy (non-hydrogen) atoms. The normalized spacial score (nSPS) is 23.0. The molecule has 0 amide bonds. The molecule has 0 spiro atoms. The number of nitrogens with zero attached hydrogens (tertiary/aromatic N) is 1. The summed E-state index contributed by atoms with van der Waals surface area (Å²) in [5.74, 6) is 1.67. The van der Waals surface area contributed by atoms with E-state index in [9.17, 15) is 0 Å². The lowest BCUT2D eigenvalue weighted by molar-refractivity contribution is 0.230. The zero-order chi connectivity index (χ0) is 14.9. The Hall–Kier alpha value is -0.770. The summed E-state index contributed by atoms with van der Waals surface area (Å²) >= 11 is 1.92. The third-order valence-corrected chi connectivity index (χ3v) is 6.00. The summed E-state index contributed by atoms with van der Waals surface area (Å²) in [6.45, 7) is 4.66. The van der Waals surface area contributed by atoms with E-state index in [1.165, 1.54) is 36.4 Å². The molecule has 1 saturated heterocycles. The van der Waals surface area contributed by atoms with E-state index < -0.39 is 0 Å². The van der Waals surface area contributed by atoms with Gasteiger partial charge in [-0.2, -0.15) is 0 Å². The van der Waals surface area contributed by atoms with Gasteiger partial charge in [-0.1, -0.05) is 43.3 Å². The quantitative estimate of drug-likeness (QED) is 0.623. The number of hydrogen-bond acceptors (Lipinski definition) is 2. The molecule has 0 bridgehead atoms. The van der Waals surface area contributed by atoms with Crippen molar-refractivity contribution in [3.05, 3.63) is 65.2 Å². The molecule has 3 heteroatoms. The second-order valence-electron chi connectivity index (χ2n) is 6.34. The molecule has 0 radical (unpaired) electrons. The molecular weight excluding hydrogens is 366 g/mol. The maximum absolute atomic E-state index is 2.70. The lowest BCUT2D eigenvalue weighted by Crippen LogP contribution is -2.34. The van der Waals surface area contributed by atoms with E-state index in [-0.39, 0.29) is 17.0 Å². The Balaban J connectivity index is 0.00000156. The van der Waals surface area contributed by atoms with Gasteiger partial charge in [-0.25, -0.2) is 0 Å². The Bertz CT molecular complexity index is 655. The van der Waals surface area contributed by atoms with E-state index in [0.717, 1.165) is 5.75 Å². The van der Waals surface area contributed by atoms with E-state index in [1.54, 1.807) is 11.1 Å². The van der Waals surface area contributed by atoms with Crippen LogP contribution in [0.25, 0.3) is 0 Å². The van der Waals surface area contributed by atoms with Gasteiger partial charge in [0.1, 0.15) is 0 Å². The van der Waals surface area contributed by atoms with Crippen molar-refractivity contribution in [1.29, 1.82) is 0 Å². The van der Waals surface area contributed by atoms with Gasteiger partial charge >= 0.3 is 0 Å². The van der Waals surface area contributed by atoms with Crippen molar-refractivity contribution >= 4 is 28.7 Å². The maximum Gasteiger partial charge on any atom is 0.0351 e. The second kappa shape index (κ2) is 7.42. The Labute approximate surface area is 154 Å². The van der Waals surface area contributed by atoms with Crippen molar-refractivity contribution < 1.29 is 0 Å². The number of halogens is 1. The molecule has 2 atom stereocenters. The van der Waals surface area contributed by atoms with Gasteiger partial charge in [0.25, 0.3) is 0 Å². The zero-order valence-electron chi connectivity index (χ0n) is 13.6. The first kappa shape index (κ1) is 17.1. The fraction of sp³-hybridized carbons (Fsp3) is 0.400. The molecule has 2 heterocycles. The van der Waals surface area contributed by atoms with Gasteiger partial charge in [0.2, 0.25) is 0 Å². The second-order valence-corrected chi connectivity index (χ2v) is 7.67. The number of rotatable bonds is 3. The number of thioether (sulfide) groups is 1. The Morgan fingerprint density at radius 1 is 1.04 bits per heavy atom. The van der Waals surface area contributed by atoms with Crippen LogP contribution >= 0.6 is 28.7 Å². The lowest BCUT2D eigenvalue weighted by atomic mass is 9.82. The van der Waals surface area contributed by atoms with E-state index in [0.29, 0.717) is 12.0 Å². The first-order valence-electron chi connectivity index (χ1n) is 8.42. The van der Waals surface area contributed by atoms with Crippen LogP contribution in [0, 0.1) is 0 Å². The van der Waals surface area contributed by atoms with Crippen molar-refractivity contribution in [2.75, 3.05) is 18.8 Å². The van der Waals surface area contributed by atoms with Crippen molar-refractivity contribution in [2.45, 2.75) is 36.6 Å². The Morgan fingerprint density at radius 2 is 1.78 bits per heavy atom. The summed E-state index contributed by atoms with van der Waals surface area (Å²) in [5.41, 5.74) is 4.60. The summed E-state index contributed by atoms with van der Waals surface area (Å²) in [6.07, 6.45) is 2.67. The van der Waals surface area contributed by atoms with Gasteiger partial charge in [0, 0.05) is 23.4 Å². The first-order valence-corrected chi connectivity index (χ1v) is 9.41. The molecule has 0 aliphatic carbocycles. The van der Waals surface area contributed by atoms with Gasteiger partial charge in [-0.15, -0.1) is 28.7 Å². The van der Waals surface area contributed by atoms with Crippen LogP contribution in [0.5, 0.6) is 0 Å². The van der Waals surface area contributed by atoms with Crippen LogP contribution < -0.4 is 0 Å². The predicted molar refractivity (Wildman–Crippen MR) is 105 cm³/mol. The molecule has 2 aliphatic heterocycles. The average Bonchev–Trinajstić information content (AvgIpc) is 3.04. The van der Waals surface area contributed by atoms with Gasteiger partial charge in [0.15, 0.2) is 0 Å². The first-order chi connectivity index (χ1) is 10.9. The minimum absolute atomic E-state index is 0. The van der Waals surface area contributed by atoms with E-state index in [4.69, 9.17) is 0 Å². The fourth-order valence-corrected chi connectivity index (χ4v) is 4.77. The van der Waals surface area contributed by atoms with Gasteiger partial charge in [-0.3, -0.25) is 4.90 Å². The molecule has 1 fully saturated rings. The molecule has 2 aromatic rings. The largest absolute Gasteiger partial charge is 0.295 e. The van der Waals surface area contributed by atoms with Crippen LogP contribution in [0.2, 0.25) is 0 Å². The lowest BCUT2D eigenvalue weighted by Gasteiger charge is -2.37. The van der Waals surface area contributed by atoms with Crippen molar-refractivity contribution in [1.82, 2.24) is 4.90 Å². The molecule has 0 N–H and O–H groups in total. The molecule has 4 rings (SSSR count). The maximum atomic E-state index is 2.70. The van der Waals surface area contributed by atoms with Crippen LogP contribution in [-0.4, -0.2) is 23.7 Å². The van der Waals surface area contributed by atoms with Gasteiger partial charge < -0.3 is 0 Å². The average molecular weight is 390 g/mol. The summed E-state index contributed by atoms with van der Waals surface area (Å²) in [7, 11) is 0. The Morgan fingerprint density at radius 3 is 2.52 bits per heavy atom. The summed E-state index contributed by atoms with van der Waals surface area (Å²) < 4.78 is 0.